The minimum absolute atomic E-state index is 0.0710. The van der Waals surface area contributed by atoms with Crippen LogP contribution in [0.4, 0.5) is 0 Å². The van der Waals surface area contributed by atoms with Crippen LogP contribution in [0.1, 0.15) is 68.2 Å². The predicted molar refractivity (Wildman–Crippen MR) is 92.8 cm³/mol. The van der Waals surface area contributed by atoms with Gasteiger partial charge in [-0.2, -0.15) is 0 Å². The minimum atomic E-state index is -0.409. The van der Waals surface area contributed by atoms with Gasteiger partial charge in [-0.1, -0.05) is 19.8 Å². The van der Waals surface area contributed by atoms with E-state index in [9.17, 15) is 9.90 Å². The highest BCUT2D eigenvalue weighted by molar-refractivity contribution is 5.91. The van der Waals surface area contributed by atoms with Crippen LogP contribution in [0.25, 0.3) is 0 Å². The Morgan fingerprint density at radius 1 is 1.25 bits per heavy atom. The lowest BCUT2D eigenvalue weighted by Crippen LogP contribution is -2.48. The summed E-state index contributed by atoms with van der Waals surface area (Å²) in [5.74, 6) is 1.20. The molecule has 5 nitrogen and oxygen atoms in total. The monoisotopic (exact) mass is 334 g/mol. The molecule has 134 valence electrons. The molecule has 1 saturated carbocycles. The molecule has 1 amide bonds. The van der Waals surface area contributed by atoms with Gasteiger partial charge in [0, 0.05) is 6.54 Å². The van der Waals surface area contributed by atoms with E-state index in [1.807, 2.05) is 11.0 Å². The summed E-state index contributed by atoms with van der Waals surface area (Å²) in [6.45, 7) is 5.74. The van der Waals surface area contributed by atoms with E-state index in [0.717, 1.165) is 57.5 Å². The summed E-state index contributed by atoms with van der Waals surface area (Å²) >= 11 is 0. The molecule has 2 heterocycles. The number of hydrogen-bond donors (Lipinski definition) is 1. The Morgan fingerprint density at radius 2 is 2.00 bits per heavy atom. The molecule has 0 bridgehead atoms. The Balaban J connectivity index is 1.68. The SMILES string of the molecule is CCCN(C(=O)c1ccc(CN2CCCC2)o1)[C@@H]1CCCC[C@H]1O. The predicted octanol–water partition coefficient (Wildman–Crippen LogP) is 3.03. The van der Waals surface area contributed by atoms with Gasteiger partial charge in [0.1, 0.15) is 5.76 Å². The number of nitrogens with zero attached hydrogens (tertiary/aromatic N) is 2. The topological polar surface area (TPSA) is 56.9 Å². The molecule has 2 atom stereocenters. The van der Waals surface area contributed by atoms with E-state index in [4.69, 9.17) is 4.42 Å². The van der Waals surface area contributed by atoms with E-state index < -0.39 is 6.10 Å². The molecule has 1 saturated heterocycles. The van der Waals surface area contributed by atoms with Gasteiger partial charge in [0.2, 0.25) is 0 Å². The Hall–Kier alpha value is -1.33. The van der Waals surface area contributed by atoms with Crippen LogP contribution in [-0.2, 0) is 6.54 Å². The van der Waals surface area contributed by atoms with E-state index >= 15 is 0 Å². The Labute approximate surface area is 144 Å². The summed E-state index contributed by atoms with van der Waals surface area (Å²) in [7, 11) is 0. The van der Waals surface area contributed by atoms with Crippen molar-refractivity contribution in [3.8, 4) is 0 Å². The zero-order chi connectivity index (χ0) is 16.9. The maximum atomic E-state index is 12.9. The second kappa shape index (κ2) is 8.17. The van der Waals surface area contributed by atoms with Crippen LogP contribution in [-0.4, -0.2) is 52.6 Å². The number of rotatable bonds is 6. The fourth-order valence-corrected chi connectivity index (χ4v) is 3.99. The zero-order valence-corrected chi connectivity index (χ0v) is 14.7. The largest absolute Gasteiger partial charge is 0.455 e. The van der Waals surface area contributed by atoms with Gasteiger partial charge in [-0.25, -0.2) is 0 Å². The second-order valence-corrected chi connectivity index (χ2v) is 7.17. The van der Waals surface area contributed by atoms with E-state index in [2.05, 4.69) is 11.8 Å². The van der Waals surface area contributed by atoms with Gasteiger partial charge in [0.25, 0.3) is 5.91 Å². The van der Waals surface area contributed by atoms with Crippen LogP contribution >= 0.6 is 0 Å². The van der Waals surface area contributed by atoms with Gasteiger partial charge >= 0.3 is 0 Å². The minimum Gasteiger partial charge on any atom is -0.455 e. The maximum Gasteiger partial charge on any atom is 0.289 e. The zero-order valence-electron chi connectivity index (χ0n) is 14.7. The highest BCUT2D eigenvalue weighted by Crippen LogP contribution is 2.25. The first-order valence-electron chi connectivity index (χ1n) is 9.49. The van der Waals surface area contributed by atoms with Crippen LogP contribution in [0, 0.1) is 0 Å². The van der Waals surface area contributed by atoms with E-state index in [1.54, 1.807) is 6.07 Å². The third-order valence-corrected chi connectivity index (χ3v) is 5.27. The van der Waals surface area contributed by atoms with Crippen LogP contribution in [0.2, 0.25) is 0 Å². The average Bonchev–Trinajstić information content (AvgIpc) is 3.25. The molecule has 1 N–H and O–H groups in total. The number of hydrogen-bond acceptors (Lipinski definition) is 4. The summed E-state index contributed by atoms with van der Waals surface area (Å²) in [5, 5.41) is 10.3. The molecule has 24 heavy (non-hydrogen) atoms. The van der Waals surface area contributed by atoms with Crippen LogP contribution < -0.4 is 0 Å². The number of aliphatic hydroxyl groups excluding tert-OH is 1. The van der Waals surface area contributed by atoms with Crippen molar-refractivity contribution >= 4 is 5.91 Å². The van der Waals surface area contributed by atoms with Crippen LogP contribution in [0.3, 0.4) is 0 Å². The lowest BCUT2D eigenvalue weighted by molar-refractivity contribution is 0.0159. The first-order chi connectivity index (χ1) is 11.7. The van der Waals surface area contributed by atoms with Gasteiger partial charge in [-0.3, -0.25) is 9.69 Å². The lowest BCUT2D eigenvalue weighted by atomic mass is 9.91. The molecule has 0 aromatic carbocycles. The normalized spacial score (nSPS) is 25.1. The number of amides is 1. The van der Waals surface area contributed by atoms with E-state index in [-0.39, 0.29) is 11.9 Å². The Morgan fingerprint density at radius 3 is 2.71 bits per heavy atom. The number of likely N-dealkylation sites (tertiary alicyclic amines) is 1. The molecule has 0 radical (unpaired) electrons. The average molecular weight is 334 g/mol. The Bertz CT molecular complexity index is 536. The van der Waals surface area contributed by atoms with Gasteiger partial charge in [-0.05, 0) is 57.3 Å². The van der Waals surface area contributed by atoms with Gasteiger partial charge in [0.15, 0.2) is 5.76 Å². The molecule has 2 fully saturated rings. The Kier molecular flexibility index (Phi) is 5.95. The van der Waals surface area contributed by atoms with Crippen molar-refractivity contribution in [2.24, 2.45) is 0 Å². The maximum absolute atomic E-state index is 12.9. The van der Waals surface area contributed by atoms with Crippen molar-refractivity contribution in [3.63, 3.8) is 0 Å². The third kappa shape index (κ3) is 4.01. The summed E-state index contributed by atoms with van der Waals surface area (Å²) in [4.78, 5) is 17.1. The third-order valence-electron chi connectivity index (χ3n) is 5.27. The molecular weight excluding hydrogens is 304 g/mol. The molecule has 2 aliphatic rings. The number of carbonyl (C=O) groups excluding carboxylic acids is 1. The number of aliphatic hydroxyl groups is 1. The van der Waals surface area contributed by atoms with Crippen molar-refractivity contribution in [3.05, 3.63) is 23.7 Å². The fourth-order valence-electron chi connectivity index (χ4n) is 3.99. The molecule has 5 heteroatoms. The van der Waals surface area contributed by atoms with Crippen molar-refractivity contribution < 1.29 is 14.3 Å². The van der Waals surface area contributed by atoms with E-state index in [0.29, 0.717) is 12.3 Å². The highest BCUT2D eigenvalue weighted by atomic mass is 16.4. The molecule has 3 rings (SSSR count). The van der Waals surface area contributed by atoms with Crippen LogP contribution in [0.5, 0.6) is 0 Å². The quantitative estimate of drug-likeness (QED) is 0.869. The summed E-state index contributed by atoms with van der Waals surface area (Å²) < 4.78 is 5.85. The van der Waals surface area contributed by atoms with Crippen molar-refractivity contribution in [2.75, 3.05) is 19.6 Å². The molecule has 0 unspecified atom stereocenters. The summed E-state index contributed by atoms with van der Waals surface area (Å²) in [6, 6.07) is 3.65. The molecule has 1 aliphatic heterocycles. The fraction of sp³-hybridized carbons (Fsp3) is 0.737. The lowest BCUT2D eigenvalue weighted by Gasteiger charge is -2.37. The summed E-state index contributed by atoms with van der Waals surface area (Å²) in [6.07, 6.45) is 6.77. The number of furan rings is 1. The van der Waals surface area contributed by atoms with Crippen LogP contribution in [0.15, 0.2) is 16.5 Å². The summed E-state index contributed by atoms with van der Waals surface area (Å²) in [5.41, 5.74) is 0. The van der Waals surface area contributed by atoms with E-state index in [1.165, 1.54) is 12.8 Å². The smallest absolute Gasteiger partial charge is 0.289 e. The first kappa shape index (κ1) is 17.5. The standard InChI is InChI=1S/C19H30N2O3/c1-2-11-21(16-7-3-4-8-17(16)22)19(23)18-10-9-15(24-18)14-20-12-5-6-13-20/h9-10,16-17,22H,2-8,11-14H2,1H3/t16-,17-/m1/s1. The van der Waals surface area contributed by atoms with Crippen molar-refractivity contribution in [2.45, 2.75) is 70.6 Å². The second-order valence-electron chi connectivity index (χ2n) is 7.17. The molecular formula is C19H30N2O3. The highest BCUT2D eigenvalue weighted by Gasteiger charge is 2.33. The number of carbonyl (C=O) groups is 1. The molecule has 1 aliphatic carbocycles. The molecule has 1 aromatic rings. The molecule has 1 aromatic heterocycles. The van der Waals surface area contributed by atoms with Gasteiger partial charge in [0.05, 0.1) is 18.7 Å². The molecule has 0 spiro atoms. The van der Waals surface area contributed by atoms with Crippen molar-refractivity contribution in [1.29, 1.82) is 0 Å². The first-order valence-corrected chi connectivity index (χ1v) is 9.49. The van der Waals surface area contributed by atoms with Gasteiger partial charge < -0.3 is 14.4 Å². The van der Waals surface area contributed by atoms with Gasteiger partial charge in [-0.15, -0.1) is 0 Å². The van der Waals surface area contributed by atoms with Crippen molar-refractivity contribution in [1.82, 2.24) is 9.80 Å².